The van der Waals surface area contributed by atoms with Gasteiger partial charge in [0.1, 0.15) is 0 Å². The summed E-state index contributed by atoms with van der Waals surface area (Å²) in [6.45, 7) is 3.20. The highest BCUT2D eigenvalue weighted by Crippen LogP contribution is 2.40. The van der Waals surface area contributed by atoms with Crippen molar-refractivity contribution in [1.29, 1.82) is 0 Å². The third-order valence-corrected chi connectivity index (χ3v) is 8.81. The summed E-state index contributed by atoms with van der Waals surface area (Å²) in [7, 11) is -3.61. The fraction of sp³-hybridized carbons (Fsp3) is 0.217. The average Bonchev–Trinajstić information content (AvgIpc) is 3.28. The van der Waals surface area contributed by atoms with Gasteiger partial charge in [0.25, 0.3) is 0 Å². The first kappa shape index (κ1) is 20.4. The molecule has 0 bridgehead atoms. The van der Waals surface area contributed by atoms with Crippen molar-refractivity contribution < 1.29 is 8.42 Å². The molecule has 0 saturated carbocycles. The lowest BCUT2D eigenvalue weighted by atomic mass is 9.94. The summed E-state index contributed by atoms with van der Waals surface area (Å²) in [5, 5.41) is 2.71. The molecule has 0 radical (unpaired) electrons. The smallest absolute Gasteiger partial charge is 0.204 e. The van der Waals surface area contributed by atoms with Crippen molar-refractivity contribution in [3.8, 4) is 0 Å². The molecule has 1 unspecified atom stereocenters. The van der Waals surface area contributed by atoms with E-state index in [1.807, 2.05) is 23.6 Å². The Morgan fingerprint density at radius 3 is 2.38 bits per heavy atom. The molecule has 2 heterocycles. The molecule has 0 N–H and O–H groups in total. The molecule has 150 valence electrons. The number of hydrogen-bond donors (Lipinski definition) is 0. The zero-order valence-corrected chi connectivity index (χ0v) is 19.3. The monoisotopic (exact) mass is 487 g/mol. The van der Waals surface area contributed by atoms with E-state index in [0.717, 1.165) is 22.7 Å². The third kappa shape index (κ3) is 4.06. The third-order valence-electron chi connectivity index (χ3n) is 5.23. The maximum Gasteiger partial charge on any atom is 0.204 e. The minimum absolute atomic E-state index is 0.0807. The van der Waals surface area contributed by atoms with Crippen LogP contribution in [0.2, 0.25) is 0 Å². The average molecular weight is 488 g/mol. The largest absolute Gasteiger partial charge is 0.366 e. The fourth-order valence-electron chi connectivity index (χ4n) is 3.73. The van der Waals surface area contributed by atoms with Crippen molar-refractivity contribution in [2.45, 2.75) is 11.8 Å². The van der Waals surface area contributed by atoms with E-state index >= 15 is 0 Å². The van der Waals surface area contributed by atoms with Gasteiger partial charge in [0.05, 0.1) is 16.3 Å². The van der Waals surface area contributed by atoms with Gasteiger partial charge in [0.2, 0.25) is 9.84 Å². The van der Waals surface area contributed by atoms with Crippen molar-refractivity contribution in [1.82, 2.24) is 0 Å². The predicted molar refractivity (Wildman–Crippen MR) is 126 cm³/mol. The molecule has 0 aliphatic carbocycles. The van der Waals surface area contributed by atoms with E-state index in [0.29, 0.717) is 21.7 Å². The molecule has 6 heteroatoms. The van der Waals surface area contributed by atoms with E-state index < -0.39 is 9.84 Å². The Kier molecular flexibility index (Phi) is 5.95. The van der Waals surface area contributed by atoms with Crippen LogP contribution in [0.5, 0.6) is 0 Å². The Labute approximate surface area is 184 Å². The summed E-state index contributed by atoms with van der Waals surface area (Å²) in [5.41, 5.74) is 3.19. The summed E-state index contributed by atoms with van der Waals surface area (Å²) in [6.07, 6.45) is 0. The molecule has 1 atom stereocenters. The van der Waals surface area contributed by atoms with Crippen LogP contribution in [0, 0.1) is 12.8 Å². The SMILES string of the molecule is Cc1ccc(N2CC(S(=O)(=O)c3ccccc3)=C(c3cccs3)C(CBr)C2)cc1. The Morgan fingerprint density at radius 2 is 1.76 bits per heavy atom. The van der Waals surface area contributed by atoms with Crippen LogP contribution < -0.4 is 4.90 Å². The Hall–Kier alpha value is -1.89. The number of thiophene rings is 1. The van der Waals surface area contributed by atoms with Crippen LogP contribution in [0.25, 0.3) is 5.57 Å². The fourth-order valence-corrected chi connectivity index (χ4v) is 6.89. The minimum atomic E-state index is -3.61. The first-order valence-electron chi connectivity index (χ1n) is 9.45. The number of halogens is 1. The second-order valence-electron chi connectivity index (χ2n) is 7.20. The lowest BCUT2D eigenvalue weighted by Gasteiger charge is -2.37. The number of nitrogens with zero attached hydrogens (tertiary/aromatic N) is 1. The summed E-state index contributed by atoms with van der Waals surface area (Å²) in [6, 6.07) is 21.1. The first-order valence-corrected chi connectivity index (χ1v) is 12.9. The van der Waals surface area contributed by atoms with Crippen LogP contribution in [0.3, 0.4) is 0 Å². The molecule has 0 amide bonds. The van der Waals surface area contributed by atoms with Crippen LogP contribution in [0.15, 0.2) is 81.9 Å². The predicted octanol–water partition coefficient (Wildman–Crippen LogP) is 5.77. The molecular weight excluding hydrogens is 466 g/mol. The van der Waals surface area contributed by atoms with Crippen molar-refractivity contribution in [3.05, 3.63) is 87.5 Å². The van der Waals surface area contributed by atoms with E-state index in [2.05, 4.69) is 52.0 Å². The van der Waals surface area contributed by atoms with Gasteiger partial charge in [-0.1, -0.05) is 57.9 Å². The summed E-state index contributed by atoms with van der Waals surface area (Å²) < 4.78 is 27.4. The number of rotatable bonds is 5. The number of hydrogen-bond acceptors (Lipinski definition) is 4. The normalized spacial score (nSPS) is 17.6. The highest BCUT2D eigenvalue weighted by molar-refractivity contribution is 9.09. The zero-order chi connectivity index (χ0) is 20.4. The Morgan fingerprint density at radius 1 is 1.03 bits per heavy atom. The van der Waals surface area contributed by atoms with Crippen LogP contribution in [0.1, 0.15) is 10.4 Å². The van der Waals surface area contributed by atoms with E-state index in [1.165, 1.54) is 5.56 Å². The number of aryl methyl sites for hydroxylation is 1. The van der Waals surface area contributed by atoms with Crippen LogP contribution >= 0.6 is 27.3 Å². The molecule has 1 aromatic heterocycles. The van der Waals surface area contributed by atoms with E-state index in [1.54, 1.807) is 35.6 Å². The van der Waals surface area contributed by atoms with Gasteiger partial charge in [-0.25, -0.2) is 8.42 Å². The molecule has 0 spiro atoms. The van der Waals surface area contributed by atoms with Gasteiger partial charge >= 0.3 is 0 Å². The molecule has 29 heavy (non-hydrogen) atoms. The molecule has 3 nitrogen and oxygen atoms in total. The van der Waals surface area contributed by atoms with Gasteiger partial charge in [-0.05, 0) is 48.2 Å². The Bertz CT molecular complexity index is 1110. The second-order valence-corrected chi connectivity index (χ2v) is 10.8. The molecule has 1 aliphatic heterocycles. The summed E-state index contributed by atoms with van der Waals surface area (Å²) in [4.78, 5) is 4.07. The number of alkyl halides is 1. The van der Waals surface area contributed by atoms with Crippen LogP contribution in [-0.4, -0.2) is 26.8 Å². The van der Waals surface area contributed by atoms with Gasteiger partial charge in [-0.15, -0.1) is 11.3 Å². The van der Waals surface area contributed by atoms with Crippen molar-refractivity contribution in [2.75, 3.05) is 23.3 Å². The number of benzene rings is 2. The molecule has 2 aromatic carbocycles. The summed E-state index contributed by atoms with van der Waals surface area (Å²) in [5.74, 6) is 0.0807. The lowest BCUT2D eigenvalue weighted by molar-refractivity contribution is 0.596. The molecule has 3 aromatic rings. The highest BCUT2D eigenvalue weighted by Gasteiger charge is 2.35. The molecule has 4 rings (SSSR count). The van der Waals surface area contributed by atoms with E-state index in [9.17, 15) is 8.42 Å². The topological polar surface area (TPSA) is 37.4 Å². The van der Waals surface area contributed by atoms with Gasteiger partial charge in [0, 0.05) is 28.4 Å². The standard InChI is InChI=1S/C23H22BrNO2S2/c1-17-9-11-19(12-10-17)25-15-18(14-24)23(21-8-5-13-28-21)22(16-25)29(26,27)20-6-3-2-4-7-20/h2-13,18H,14-16H2,1H3. The zero-order valence-electron chi connectivity index (χ0n) is 16.1. The molecule has 1 aliphatic rings. The number of sulfone groups is 1. The van der Waals surface area contributed by atoms with Crippen LogP contribution in [-0.2, 0) is 9.84 Å². The van der Waals surface area contributed by atoms with Gasteiger partial charge in [0.15, 0.2) is 0 Å². The van der Waals surface area contributed by atoms with Gasteiger partial charge < -0.3 is 4.90 Å². The van der Waals surface area contributed by atoms with Gasteiger partial charge in [-0.3, -0.25) is 0 Å². The quantitative estimate of drug-likeness (QED) is 0.428. The molecule has 0 saturated heterocycles. The van der Waals surface area contributed by atoms with Crippen LogP contribution in [0.4, 0.5) is 5.69 Å². The second kappa shape index (κ2) is 8.46. The van der Waals surface area contributed by atoms with Crippen molar-refractivity contribution >= 4 is 48.4 Å². The van der Waals surface area contributed by atoms with Crippen molar-refractivity contribution in [2.24, 2.45) is 5.92 Å². The van der Waals surface area contributed by atoms with E-state index in [4.69, 9.17) is 0 Å². The molecular formula is C23H22BrNO2S2. The van der Waals surface area contributed by atoms with E-state index in [-0.39, 0.29) is 5.92 Å². The number of anilines is 1. The maximum absolute atomic E-state index is 13.7. The van der Waals surface area contributed by atoms with Crippen molar-refractivity contribution in [3.63, 3.8) is 0 Å². The molecule has 0 fully saturated rings. The Balaban J connectivity index is 1.88. The maximum atomic E-state index is 13.7. The van der Waals surface area contributed by atoms with Gasteiger partial charge in [-0.2, -0.15) is 0 Å². The summed E-state index contributed by atoms with van der Waals surface area (Å²) >= 11 is 5.25. The highest BCUT2D eigenvalue weighted by atomic mass is 79.9. The first-order chi connectivity index (χ1) is 14.0. The minimum Gasteiger partial charge on any atom is -0.366 e. The lowest BCUT2D eigenvalue weighted by Crippen LogP contribution is -2.39.